The average molecular weight is 291 g/mol. The Morgan fingerprint density at radius 3 is 2.42 bits per heavy atom. The molecule has 1 saturated heterocycles. The number of carbonyl (C=O) groups is 2. The second-order valence-corrected chi connectivity index (χ2v) is 7.74. The molecule has 2 atom stereocenters. The van der Waals surface area contributed by atoms with E-state index in [1.165, 1.54) is 0 Å². The van der Waals surface area contributed by atoms with Gasteiger partial charge in [-0.3, -0.25) is 9.59 Å². The maximum absolute atomic E-state index is 11.8. The third-order valence-electron chi connectivity index (χ3n) is 3.23. The van der Waals surface area contributed by atoms with E-state index in [-0.39, 0.29) is 29.9 Å². The Hall–Kier alpha value is -1.11. The molecule has 0 aliphatic carbocycles. The van der Waals surface area contributed by atoms with Gasteiger partial charge in [-0.05, 0) is 18.8 Å². The Balaban J connectivity index is 2.46. The van der Waals surface area contributed by atoms with Crippen LogP contribution in [0.4, 0.5) is 0 Å². The standard InChI is InChI=1S/C12H21NO5S/c1-8(2)5-10(12(15)16)6-13-11(14)9-3-4-19(17,18)7-9/h8-10H,3-7H2,1-2H3,(H,13,14)(H,15,16). The van der Waals surface area contributed by atoms with Crippen molar-refractivity contribution in [1.82, 2.24) is 5.32 Å². The third kappa shape index (κ3) is 5.18. The molecule has 19 heavy (non-hydrogen) atoms. The molecule has 0 spiro atoms. The van der Waals surface area contributed by atoms with Gasteiger partial charge in [-0.15, -0.1) is 0 Å². The summed E-state index contributed by atoms with van der Waals surface area (Å²) in [7, 11) is -3.09. The van der Waals surface area contributed by atoms with Crippen molar-refractivity contribution in [2.45, 2.75) is 26.7 Å². The highest BCUT2D eigenvalue weighted by atomic mass is 32.2. The number of rotatable bonds is 6. The molecule has 1 aliphatic rings. The van der Waals surface area contributed by atoms with E-state index in [9.17, 15) is 18.0 Å². The lowest BCUT2D eigenvalue weighted by Gasteiger charge is -2.16. The summed E-state index contributed by atoms with van der Waals surface area (Å²) in [6.45, 7) is 3.89. The van der Waals surface area contributed by atoms with E-state index in [1.807, 2.05) is 13.8 Å². The molecule has 1 fully saturated rings. The Labute approximate surface area is 113 Å². The van der Waals surface area contributed by atoms with Crippen molar-refractivity contribution in [3.63, 3.8) is 0 Å². The summed E-state index contributed by atoms with van der Waals surface area (Å²) in [5.74, 6) is -2.30. The number of carbonyl (C=O) groups excluding carboxylic acids is 1. The van der Waals surface area contributed by atoms with Gasteiger partial charge in [-0.2, -0.15) is 0 Å². The van der Waals surface area contributed by atoms with E-state index in [2.05, 4.69) is 5.32 Å². The molecule has 1 amide bonds. The van der Waals surface area contributed by atoms with Crippen molar-refractivity contribution in [2.24, 2.45) is 17.8 Å². The van der Waals surface area contributed by atoms with Gasteiger partial charge in [0.05, 0.1) is 23.3 Å². The number of carboxylic acids is 1. The first-order valence-corrected chi connectivity index (χ1v) is 8.24. The summed E-state index contributed by atoms with van der Waals surface area (Å²) in [6, 6.07) is 0. The van der Waals surface area contributed by atoms with Crippen LogP contribution in [0.2, 0.25) is 0 Å². The quantitative estimate of drug-likeness (QED) is 0.732. The lowest BCUT2D eigenvalue weighted by molar-refractivity contribution is -0.142. The fraction of sp³-hybridized carbons (Fsp3) is 0.833. The molecule has 0 bridgehead atoms. The molecule has 0 aromatic heterocycles. The highest BCUT2D eigenvalue weighted by Crippen LogP contribution is 2.18. The predicted octanol–water partition coefficient (Wildman–Crippen LogP) is 0.284. The highest BCUT2D eigenvalue weighted by molar-refractivity contribution is 7.91. The van der Waals surface area contributed by atoms with E-state index in [1.54, 1.807) is 0 Å². The second-order valence-electron chi connectivity index (χ2n) is 5.51. The molecule has 1 rings (SSSR count). The zero-order valence-electron chi connectivity index (χ0n) is 11.3. The smallest absolute Gasteiger partial charge is 0.308 e. The molecule has 0 radical (unpaired) electrons. The minimum atomic E-state index is -3.09. The predicted molar refractivity (Wildman–Crippen MR) is 70.4 cm³/mol. The number of hydrogen-bond donors (Lipinski definition) is 2. The van der Waals surface area contributed by atoms with Crippen LogP contribution < -0.4 is 5.32 Å². The summed E-state index contributed by atoms with van der Waals surface area (Å²) in [4.78, 5) is 22.8. The van der Waals surface area contributed by atoms with E-state index in [0.29, 0.717) is 12.8 Å². The van der Waals surface area contributed by atoms with Gasteiger partial charge in [0.15, 0.2) is 9.84 Å². The van der Waals surface area contributed by atoms with Crippen molar-refractivity contribution in [3.8, 4) is 0 Å². The Kier molecular flexibility index (Phi) is 5.34. The fourth-order valence-electron chi connectivity index (χ4n) is 2.21. The lowest BCUT2D eigenvalue weighted by Crippen LogP contribution is -2.37. The molecule has 0 aromatic carbocycles. The average Bonchev–Trinajstić information content (AvgIpc) is 2.63. The lowest BCUT2D eigenvalue weighted by atomic mass is 9.97. The first kappa shape index (κ1) is 15.9. The number of aliphatic carboxylic acids is 1. The Bertz CT molecular complexity index is 443. The molecule has 0 saturated carbocycles. The van der Waals surface area contributed by atoms with Crippen LogP contribution in [0, 0.1) is 17.8 Å². The summed E-state index contributed by atoms with van der Waals surface area (Å²) in [6.07, 6.45) is 0.814. The monoisotopic (exact) mass is 291 g/mol. The van der Waals surface area contributed by atoms with Crippen LogP contribution >= 0.6 is 0 Å². The van der Waals surface area contributed by atoms with Crippen LogP contribution in [0.3, 0.4) is 0 Å². The summed E-state index contributed by atoms with van der Waals surface area (Å²) in [5, 5.41) is 11.6. The molecule has 1 heterocycles. The zero-order chi connectivity index (χ0) is 14.6. The van der Waals surface area contributed by atoms with Crippen molar-refractivity contribution in [1.29, 1.82) is 0 Å². The van der Waals surface area contributed by atoms with E-state index in [4.69, 9.17) is 5.11 Å². The minimum Gasteiger partial charge on any atom is -0.481 e. The van der Waals surface area contributed by atoms with Crippen molar-refractivity contribution >= 4 is 21.7 Å². The van der Waals surface area contributed by atoms with Gasteiger partial charge in [-0.1, -0.05) is 13.8 Å². The van der Waals surface area contributed by atoms with Gasteiger partial charge in [0.2, 0.25) is 5.91 Å². The molecule has 0 aromatic rings. The number of hydrogen-bond acceptors (Lipinski definition) is 4. The molecular weight excluding hydrogens is 270 g/mol. The molecule has 110 valence electrons. The topological polar surface area (TPSA) is 101 Å². The third-order valence-corrected chi connectivity index (χ3v) is 5.00. The van der Waals surface area contributed by atoms with Gasteiger partial charge in [-0.25, -0.2) is 8.42 Å². The van der Waals surface area contributed by atoms with Crippen LogP contribution in [0.1, 0.15) is 26.7 Å². The van der Waals surface area contributed by atoms with Crippen LogP contribution in [-0.2, 0) is 19.4 Å². The zero-order valence-corrected chi connectivity index (χ0v) is 12.1. The fourth-order valence-corrected chi connectivity index (χ4v) is 3.95. The maximum atomic E-state index is 11.8. The van der Waals surface area contributed by atoms with Crippen LogP contribution in [0.25, 0.3) is 0 Å². The molecule has 7 heteroatoms. The normalized spacial score (nSPS) is 23.2. The van der Waals surface area contributed by atoms with Crippen molar-refractivity contribution in [3.05, 3.63) is 0 Å². The Morgan fingerprint density at radius 2 is 2.00 bits per heavy atom. The summed E-state index contributed by atoms with van der Waals surface area (Å²) in [5.41, 5.74) is 0. The minimum absolute atomic E-state index is 0.0411. The van der Waals surface area contributed by atoms with Crippen LogP contribution in [-0.4, -0.2) is 43.5 Å². The first-order chi connectivity index (χ1) is 8.71. The van der Waals surface area contributed by atoms with Gasteiger partial charge >= 0.3 is 5.97 Å². The van der Waals surface area contributed by atoms with E-state index in [0.717, 1.165) is 0 Å². The van der Waals surface area contributed by atoms with Crippen molar-refractivity contribution < 1.29 is 23.1 Å². The highest BCUT2D eigenvalue weighted by Gasteiger charge is 2.33. The van der Waals surface area contributed by atoms with Crippen LogP contribution in [0.5, 0.6) is 0 Å². The van der Waals surface area contributed by atoms with Crippen LogP contribution in [0.15, 0.2) is 0 Å². The number of carboxylic acid groups (broad SMARTS) is 1. The molecule has 2 N–H and O–H groups in total. The van der Waals surface area contributed by atoms with Crippen molar-refractivity contribution in [2.75, 3.05) is 18.1 Å². The summed E-state index contributed by atoms with van der Waals surface area (Å²) >= 11 is 0. The Morgan fingerprint density at radius 1 is 1.37 bits per heavy atom. The van der Waals surface area contributed by atoms with E-state index < -0.39 is 27.6 Å². The SMILES string of the molecule is CC(C)CC(CNC(=O)C1CCS(=O)(=O)C1)C(=O)O. The number of sulfone groups is 1. The van der Waals surface area contributed by atoms with Gasteiger partial charge in [0.1, 0.15) is 0 Å². The van der Waals surface area contributed by atoms with E-state index >= 15 is 0 Å². The molecule has 2 unspecified atom stereocenters. The van der Waals surface area contributed by atoms with Gasteiger partial charge < -0.3 is 10.4 Å². The second kappa shape index (κ2) is 6.36. The largest absolute Gasteiger partial charge is 0.481 e. The first-order valence-electron chi connectivity index (χ1n) is 6.42. The number of nitrogens with one attached hydrogen (secondary N) is 1. The molecule has 1 aliphatic heterocycles. The van der Waals surface area contributed by atoms with Gasteiger partial charge in [0.25, 0.3) is 0 Å². The molecular formula is C12H21NO5S. The molecule has 6 nitrogen and oxygen atoms in total. The maximum Gasteiger partial charge on any atom is 0.308 e. The summed E-state index contributed by atoms with van der Waals surface area (Å²) < 4.78 is 22.5. The number of amides is 1. The van der Waals surface area contributed by atoms with Gasteiger partial charge in [0, 0.05) is 6.54 Å².